The molecule has 21 heavy (non-hydrogen) atoms. The Morgan fingerprint density at radius 2 is 2.24 bits per heavy atom. The van der Waals surface area contributed by atoms with Crippen LogP contribution in [0.2, 0.25) is 0 Å². The fourth-order valence-corrected chi connectivity index (χ4v) is 2.36. The van der Waals surface area contributed by atoms with E-state index in [0.717, 1.165) is 6.26 Å². The third-order valence-corrected chi connectivity index (χ3v) is 3.38. The highest BCUT2D eigenvalue weighted by Crippen LogP contribution is 2.27. The van der Waals surface area contributed by atoms with Crippen LogP contribution in [0.4, 0.5) is 0 Å². The second-order valence-electron chi connectivity index (χ2n) is 4.69. The zero-order valence-electron chi connectivity index (χ0n) is 12.5. The topological polar surface area (TPSA) is 81.7 Å². The van der Waals surface area contributed by atoms with Crippen molar-refractivity contribution in [1.82, 2.24) is 4.72 Å². The minimum absolute atomic E-state index is 0.106. The smallest absolute Gasteiger partial charge is 0.240 e. The van der Waals surface area contributed by atoms with Crippen molar-refractivity contribution < 1.29 is 22.7 Å². The van der Waals surface area contributed by atoms with E-state index < -0.39 is 21.8 Å². The Bertz CT molecular complexity index is 574. The zero-order chi connectivity index (χ0) is 16.0. The lowest BCUT2D eigenvalue weighted by Gasteiger charge is -2.26. The summed E-state index contributed by atoms with van der Waals surface area (Å²) >= 11 is 0. The maximum absolute atomic E-state index is 11.8. The molecule has 1 atom stereocenters. The van der Waals surface area contributed by atoms with Crippen molar-refractivity contribution in [2.24, 2.45) is 5.92 Å². The van der Waals surface area contributed by atoms with Gasteiger partial charge >= 0.3 is 0 Å². The van der Waals surface area contributed by atoms with Gasteiger partial charge in [-0.1, -0.05) is 6.58 Å². The molecule has 0 radical (unpaired) electrons. The van der Waals surface area contributed by atoms with E-state index in [-0.39, 0.29) is 6.61 Å². The van der Waals surface area contributed by atoms with Crippen LogP contribution >= 0.6 is 0 Å². The van der Waals surface area contributed by atoms with E-state index in [1.807, 2.05) is 18.6 Å². The molecule has 1 fully saturated rings. The predicted molar refractivity (Wildman–Crippen MR) is 79.7 cm³/mol. The first-order valence-electron chi connectivity index (χ1n) is 6.60. The van der Waals surface area contributed by atoms with E-state index in [1.165, 1.54) is 0 Å². The summed E-state index contributed by atoms with van der Waals surface area (Å²) in [6, 6.07) is 0. The molecule has 0 saturated carbocycles. The summed E-state index contributed by atoms with van der Waals surface area (Å²) in [5, 5.41) is 0. The zero-order valence-corrected chi connectivity index (χ0v) is 13.3. The first kappa shape index (κ1) is 17.3. The number of carbonyl (C=O) groups is 1. The Hall–Kier alpha value is -1.76. The predicted octanol–water partition coefficient (Wildman–Crippen LogP) is 1.48. The molecule has 0 aromatic heterocycles. The van der Waals surface area contributed by atoms with E-state index >= 15 is 0 Å². The van der Waals surface area contributed by atoms with Gasteiger partial charge in [-0.3, -0.25) is 9.52 Å². The number of sulfonamides is 1. The van der Waals surface area contributed by atoms with Crippen molar-refractivity contribution in [1.29, 1.82) is 0 Å². The Morgan fingerprint density at radius 3 is 2.71 bits per heavy atom. The van der Waals surface area contributed by atoms with Crippen LogP contribution < -0.4 is 4.72 Å². The van der Waals surface area contributed by atoms with Crippen LogP contribution in [0, 0.1) is 5.92 Å². The molecule has 1 heterocycles. The molecular formula is C14H21NO5S. The molecule has 1 aliphatic rings. The minimum Gasteiger partial charge on any atom is -0.494 e. The molecule has 118 valence electrons. The number of hydrogen-bond acceptors (Lipinski definition) is 5. The third kappa shape index (κ3) is 5.63. The Kier molecular flexibility index (Phi) is 6.02. The molecule has 7 heteroatoms. The van der Waals surface area contributed by atoms with Crippen LogP contribution in [0.1, 0.15) is 20.3 Å². The summed E-state index contributed by atoms with van der Waals surface area (Å²) in [5.41, 5.74) is 0.633. The van der Waals surface area contributed by atoms with Gasteiger partial charge in [0.05, 0.1) is 18.8 Å². The molecule has 1 aliphatic heterocycles. The number of ether oxygens (including phenoxy) is 2. The average molecular weight is 315 g/mol. The van der Waals surface area contributed by atoms with Crippen LogP contribution in [-0.2, 0) is 24.3 Å². The van der Waals surface area contributed by atoms with Crippen molar-refractivity contribution in [2.45, 2.75) is 20.3 Å². The first-order valence-corrected chi connectivity index (χ1v) is 8.49. The summed E-state index contributed by atoms with van der Waals surface area (Å²) in [6.45, 7) is 8.23. The van der Waals surface area contributed by atoms with Crippen molar-refractivity contribution in [3.8, 4) is 0 Å². The van der Waals surface area contributed by atoms with Gasteiger partial charge in [-0.25, -0.2) is 8.42 Å². The van der Waals surface area contributed by atoms with Crippen molar-refractivity contribution in [3.63, 3.8) is 0 Å². The van der Waals surface area contributed by atoms with Crippen LogP contribution in [0.3, 0.4) is 0 Å². The van der Waals surface area contributed by atoms with E-state index in [1.54, 1.807) is 12.2 Å². The Labute approximate surface area is 125 Å². The second kappa shape index (κ2) is 7.31. The van der Waals surface area contributed by atoms with E-state index in [9.17, 15) is 13.2 Å². The molecule has 6 nitrogen and oxygen atoms in total. The summed E-state index contributed by atoms with van der Waals surface area (Å²) in [4.78, 5) is 11.8. The number of amides is 1. The number of hydrogen-bond donors (Lipinski definition) is 1. The largest absolute Gasteiger partial charge is 0.494 e. The summed E-state index contributed by atoms with van der Waals surface area (Å²) in [6.07, 6.45) is 4.80. The lowest BCUT2D eigenvalue weighted by atomic mass is 9.96. The monoisotopic (exact) mass is 315 g/mol. The number of nitrogens with one attached hydrogen (secondary N) is 1. The lowest BCUT2D eigenvalue weighted by molar-refractivity contribution is -0.125. The maximum atomic E-state index is 11.8. The summed E-state index contributed by atoms with van der Waals surface area (Å²) in [7, 11) is -3.56. The van der Waals surface area contributed by atoms with Crippen LogP contribution in [-0.4, -0.2) is 33.8 Å². The normalized spacial score (nSPS) is 21.9. The molecule has 0 aliphatic carbocycles. The Morgan fingerprint density at radius 1 is 1.57 bits per heavy atom. The number of rotatable bonds is 5. The van der Waals surface area contributed by atoms with Gasteiger partial charge in [0.1, 0.15) is 18.1 Å². The molecular weight excluding hydrogens is 294 g/mol. The van der Waals surface area contributed by atoms with Gasteiger partial charge in [0.2, 0.25) is 15.9 Å². The molecule has 1 saturated heterocycles. The molecule has 0 aromatic carbocycles. The summed E-state index contributed by atoms with van der Waals surface area (Å²) in [5.74, 6) is 0.0759. The van der Waals surface area contributed by atoms with Gasteiger partial charge in [0, 0.05) is 6.08 Å². The van der Waals surface area contributed by atoms with Gasteiger partial charge in [0.25, 0.3) is 0 Å². The molecule has 1 unspecified atom stereocenters. The van der Waals surface area contributed by atoms with Gasteiger partial charge in [-0.05, 0) is 31.9 Å². The maximum Gasteiger partial charge on any atom is 0.240 e. The molecule has 0 spiro atoms. The minimum atomic E-state index is -3.56. The third-order valence-electron chi connectivity index (χ3n) is 2.81. The lowest BCUT2D eigenvalue weighted by Crippen LogP contribution is -2.38. The van der Waals surface area contributed by atoms with Crippen molar-refractivity contribution in [2.75, 3.05) is 19.5 Å². The molecule has 1 rings (SSSR count). The van der Waals surface area contributed by atoms with E-state index in [2.05, 4.69) is 6.58 Å². The standard InChI is InChI=1S/C14H21NO5S/c1-5-12(19-6-2)8-13-10(3)7-11(9-20-13)14(16)15-21(4,17)18/h5,8,11H,3,6-7,9H2,1-2,4H3,(H,15,16)/b12-5+,13-8+. The SMILES string of the molecule is C=C1CC(C(=O)NS(C)(=O)=O)CO/C1=C/C(=C\C)OCC. The molecule has 1 N–H and O–H groups in total. The number of allylic oxidation sites excluding steroid dienone is 3. The van der Waals surface area contributed by atoms with Crippen molar-refractivity contribution in [3.05, 3.63) is 35.8 Å². The average Bonchev–Trinajstić information content (AvgIpc) is 2.38. The summed E-state index contributed by atoms with van der Waals surface area (Å²) < 4.78 is 35.0. The van der Waals surface area contributed by atoms with Gasteiger partial charge < -0.3 is 9.47 Å². The van der Waals surface area contributed by atoms with Crippen LogP contribution in [0.15, 0.2) is 35.8 Å². The second-order valence-corrected chi connectivity index (χ2v) is 6.44. The number of carbonyl (C=O) groups excluding carboxylic acids is 1. The molecule has 0 aromatic rings. The first-order chi connectivity index (χ1) is 9.76. The fraction of sp³-hybridized carbons (Fsp3) is 0.500. The molecule has 0 bridgehead atoms. The van der Waals surface area contributed by atoms with Crippen LogP contribution in [0.5, 0.6) is 0 Å². The fourth-order valence-electron chi connectivity index (χ4n) is 1.83. The highest BCUT2D eigenvalue weighted by atomic mass is 32.2. The van der Waals surface area contributed by atoms with E-state index in [4.69, 9.17) is 9.47 Å². The van der Waals surface area contributed by atoms with Crippen LogP contribution in [0.25, 0.3) is 0 Å². The van der Waals surface area contributed by atoms with E-state index in [0.29, 0.717) is 30.1 Å². The van der Waals surface area contributed by atoms with Gasteiger partial charge in [-0.2, -0.15) is 0 Å². The highest BCUT2D eigenvalue weighted by Gasteiger charge is 2.28. The Balaban J connectivity index is 2.73. The van der Waals surface area contributed by atoms with Gasteiger partial charge in [0.15, 0.2) is 0 Å². The highest BCUT2D eigenvalue weighted by molar-refractivity contribution is 7.89. The molecule has 1 amide bonds. The van der Waals surface area contributed by atoms with Gasteiger partial charge in [-0.15, -0.1) is 0 Å². The van der Waals surface area contributed by atoms with Crippen molar-refractivity contribution >= 4 is 15.9 Å². The quantitative estimate of drug-likeness (QED) is 0.777.